The van der Waals surface area contributed by atoms with Crippen LogP contribution in [0, 0.1) is 0 Å². The van der Waals surface area contributed by atoms with Crippen molar-refractivity contribution in [3.05, 3.63) is 28.2 Å². The zero-order valence-electron chi connectivity index (χ0n) is 13.1. The molecule has 0 amide bonds. The van der Waals surface area contributed by atoms with E-state index < -0.39 is 5.97 Å². The average molecular weight is 357 g/mol. The molecule has 0 aromatic heterocycles. The van der Waals surface area contributed by atoms with Gasteiger partial charge in [-0.25, -0.2) is 4.79 Å². The lowest BCUT2D eigenvalue weighted by Crippen LogP contribution is -2.30. The van der Waals surface area contributed by atoms with Gasteiger partial charge in [0.2, 0.25) is 0 Å². The minimum atomic E-state index is -0.896. The molecule has 118 valence electrons. The lowest BCUT2D eigenvalue weighted by atomic mass is 10.2. The monoisotopic (exact) mass is 356 g/mol. The van der Waals surface area contributed by atoms with Crippen molar-refractivity contribution >= 4 is 27.6 Å². The number of anilines is 1. The van der Waals surface area contributed by atoms with Crippen LogP contribution in [0.1, 0.15) is 37.6 Å². The van der Waals surface area contributed by atoms with Gasteiger partial charge in [-0.3, -0.25) is 0 Å². The van der Waals surface area contributed by atoms with Gasteiger partial charge in [-0.05, 0) is 67.1 Å². The molecule has 1 rings (SSSR count). The van der Waals surface area contributed by atoms with Crippen LogP contribution in [0.2, 0.25) is 0 Å². The molecule has 0 atom stereocenters. The van der Waals surface area contributed by atoms with Crippen molar-refractivity contribution in [2.75, 3.05) is 37.6 Å². The summed E-state index contributed by atoms with van der Waals surface area (Å²) >= 11 is 3.49. The largest absolute Gasteiger partial charge is 0.478 e. The van der Waals surface area contributed by atoms with Crippen LogP contribution in [0.3, 0.4) is 0 Å². The van der Waals surface area contributed by atoms with Gasteiger partial charge < -0.3 is 14.9 Å². The maximum absolute atomic E-state index is 11.0. The van der Waals surface area contributed by atoms with Gasteiger partial charge in [-0.1, -0.05) is 13.8 Å². The van der Waals surface area contributed by atoms with Crippen LogP contribution in [0.15, 0.2) is 22.7 Å². The number of hydrogen-bond acceptors (Lipinski definition) is 3. The lowest BCUT2D eigenvalue weighted by molar-refractivity contribution is 0.0697. The second-order valence-corrected chi connectivity index (χ2v) is 5.79. The van der Waals surface area contributed by atoms with Crippen molar-refractivity contribution in [1.82, 2.24) is 4.90 Å². The van der Waals surface area contributed by atoms with Gasteiger partial charge in [0, 0.05) is 17.6 Å². The summed E-state index contributed by atoms with van der Waals surface area (Å²) in [6.45, 7) is 11.6. The van der Waals surface area contributed by atoms with Crippen LogP contribution in [-0.2, 0) is 0 Å². The van der Waals surface area contributed by atoms with E-state index in [2.05, 4.69) is 46.5 Å². The number of carboxylic acids is 1. The number of carboxylic acid groups (broad SMARTS) is 1. The fraction of sp³-hybridized carbons (Fsp3) is 0.562. The van der Waals surface area contributed by atoms with Crippen molar-refractivity contribution in [2.24, 2.45) is 0 Å². The SMILES string of the molecule is CCN(CC)CCCN(CC)c1ccc(C(=O)O)cc1Br. The highest BCUT2D eigenvalue weighted by Crippen LogP contribution is 2.27. The number of nitrogens with zero attached hydrogens (tertiary/aromatic N) is 2. The Balaban J connectivity index is 2.69. The quantitative estimate of drug-likeness (QED) is 0.732. The van der Waals surface area contributed by atoms with Crippen molar-refractivity contribution in [2.45, 2.75) is 27.2 Å². The standard InChI is InChI=1S/C16H25BrN2O2/c1-4-18(5-2)10-7-11-19(6-3)15-9-8-13(16(20)21)12-14(15)17/h8-9,12H,4-7,10-11H2,1-3H3,(H,20,21). The summed E-state index contributed by atoms with van der Waals surface area (Å²) in [4.78, 5) is 15.7. The maximum Gasteiger partial charge on any atom is 0.335 e. The van der Waals surface area contributed by atoms with E-state index in [9.17, 15) is 4.79 Å². The van der Waals surface area contributed by atoms with Gasteiger partial charge in [-0.2, -0.15) is 0 Å². The Morgan fingerprint density at radius 3 is 2.29 bits per heavy atom. The van der Waals surface area contributed by atoms with E-state index in [1.165, 1.54) is 0 Å². The summed E-state index contributed by atoms with van der Waals surface area (Å²) in [5.74, 6) is -0.896. The zero-order valence-corrected chi connectivity index (χ0v) is 14.7. The number of benzene rings is 1. The first-order chi connectivity index (χ1) is 10.0. The van der Waals surface area contributed by atoms with E-state index in [-0.39, 0.29) is 0 Å². The molecule has 0 aliphatic rings. The summed E-state index contributed by atoms with van der Waals surface area (Å²) in [5.41, 5.74) is 1.37. The molecule has 0 aliphatic heterocycles. The normalized spacial score (nSPS) is 10.9. The van der Waals surface area contributed by atoms with Crippen molar-refractivity contribution in [1.29, 1.82) is 0 Å². The van der Waals surface area contributed by atoms with Gasteiger partial charge in [0.05, 0.1) is 11.3 Å². The van der Waals surface area contributed by atoms with E-state index in [0.717, 1.165) is 49.3 Å². The van der Waals surface area contributed by atoms with Crippen LogP contribution in [0.25, 0.3) is 0 Å². The van der Waals surface area contributed by atoms with Crippen LogP contribution < -0.4 is 4.90 Å². The Morgan fingerprint density at radius 2 is 1.81 bits per heavy atom. The van der Waals surface area contributed by atoms with Crippen LogP contribution in [0.4, 0.5) is 5.69 Å². The van der Waals surface area contributed by atoms with Crippen LogP contribution >= 0.6 is 15.9 Å². The molecular weight excluding hydrogens is 332 g/mol. The highest BCUT2D eigenvalue weighted by atomic mass is 79.9. The fourth-order valence-corrected chi connectivity index (χ4v) is 3.00. The van der Waals surface area contributed by atoms with E-state index >= 15 is 0 Å². The molecule has 0 unspecified atom stereocenters. The molecule has 0 aliphatic carbocycles. The molecule has 1 aromatic rings. The van der Waals surface area contributed by atoms with Gasteiger partial charge >= 0.3 is 5.97 Å². The Kier molecular flexibility index (Phi) is 7.75. The minimum Gasteiger partial charge on any atom is -0.478 e. The predicted molar refractivity (Wildman–Crippen MR) is 91.4 cm³/mol. The number of aromatic carboxylic acids is 1. The minimum absolute atomic E-state index is 0.310. The molecule has 4 nitrogen and oxygen atoms in total. The second-order valence-electron chi connectivity index (χ2n) is 4.93. The Morgan fingerprint density at radius 1 is 1.14 bits per heavy atom. The highest BCUT2D eigenvalue weighted by molar-refractivity contribution is 9.10. The second kappa shape index (κ2) is 9.05. The first kappa shape index (κ1) is 18.0. The lowest BCUT2D eigenvalue weighted by Gasteiger charge is -2.26. The number of carbonyl (C=O) groups is 1. The number of halogens is 1. The fourth-order valence-electron chi connectivity index (χ4n) is 2.37. The van der Waals surface area contributed by atoms with Crippen LogP contribution in [0.5, 0.6) is 0 Å². The highest BCUT2D eigenvalue weighted by Gasteiger charge is 2.12. The van der Waals surface area contributed by atoms with Gasteiger partial charge in [-0.15, -0.1) is 0 Å². The molecular formula is C16H25BrN2O2. The predicted octanol–water partition coefficient (Wildman–Crippen LogP) is 3.71. The van der Waals surface area contributed by atoms with Crippen molar-refractivity contribution < 1.29 is 9.90 Å². The first-order valence-electron chi connectivity index (χ1n) is 7.53. The summed E-state index contributed by atoms with van der Waals surface area (Å²) in [7, 11) is 0. The first-order valence-corrected chi connectivity index (χ1v) is 8.32. The van der Waals surface area contributed by atoms with Crippen molar-refractivity contribution in [3.8, 4) is 0 Å². The smallest absolute Gasteiger partial charge is 0.335 e. The third-order valence-electron chi connectivity index (χ3n) is 3.71. The molecule has 0 spiro atoms. The molecule has 1 aromatic carbocycles. The molecule has 5 heteroatoms. The molecule has 0 bridgehead atoms. The number of rotatable bonds is 9. The van der Waals surface area contributed by atoms with E-state index in [0.29, 0.717) is 5.56 Å². The average Bonchev–Trinajstić information content (AvgIpc) is 2.48. The van der Waals surface area contributed by atoms with Gasteiger partial charge in [0.1, 0.15) is 0 Å². The molecule has 0 saturated heterocycles. The number of hydrogen-bond donors (Lipinski definition) is 1. The third kappa shape index (κ3) is 5.32. The molecule has 0 saturated carbocycles. The Labute approximate surface area is 135 Å². The molecule has 1 N–H and O–H groups in total. The topological polar surface area (TPSA) is 43.8 Å². The Bertz CT molecular complexity index is 462. The van der Waals surface area contributed by atoms with E-state index in [4.69, 9.17) is 5.11 Å². The van der Waals surface area contributed by atoms with Crippen LogP contribution in [-0.4, -0.2) is 48.7 Å². The van der Waals surface area contributed by atoms with Crippen molar-refractivity contribution in [3.63, 3.8) is 0 Å². The van der Waals surface area contributed by atoms with Gasteiger partial charge in [0.25, 0.3) is 0 Å². The summed E-state index contributed by atoms with van der Waals surface area (Å²) < 4.78 is 0.840. The van der Waals surface area contributed by atoms with Gasteiger partial charge in [0.15, 0.2) is 0 Å². The Hall–Kier alpha value is -1.07. The summed E-state index contributed by atoms with van der Waals surface area (Å²) in [5, 5.41) is 9.01. The molecule has 0 heterocycles. The summed E-state index contributed by atoms with van der Waals surface area (Å²) in [6, 6.07) is 5.22. The molecule has 0 fully saturated rings. The van der Waals surface area contributed by atoms with E-state index in [1.54, 1.807) is 12.1 Å². The summed E-state index contributed by atoms with van der Waals surface area (Å²) in [6.07, 6.45) is 1.10. The maximum atomic E-state index is 11.0. The molecule has 21 heavy (non-hydrogen) atoms. The third-order valence-corrected chi connectivity index (χ3v) is 4.35. The van der Waals surface area contributed by atoms with E-state index in [1.807, 2.05) is 6.07 Å². The molecule has 0 radical (unpaired) electrons. The zero-order chi connectivity index (χ0) is 15.8.